The molecule has 2 aliphatic heterocycles. The molecule has 6 aliphatic rings. The molecular weight excluding hydrogens is 570 g/mol. The van der Waals surface area contributed by atoms with Gasteiger partial charge in [0.2, 0.25) is 0 Å². The van der Waals surface area contributed by atoms with Gasteiger partial charge in [-0.1, -0.05) is 60.7 Å². The lowest BCUT2D eigenvalue weighted by molar-refractivity contribution is -0.0526. The molecule has 7 atom stereocenters. The fourth-order valence-corrected chi connectivity index (χ4v) is 13.0. The summed E-state index contributed by atoms with van der Waals surface area (Å²) in [5, 5.41) is 7.79. The van der Waals surface area contributed by atoms with Crippen LogP contribution in [0.2, 0.25) is 0 Å². The van der Waals surface area contributed by atoms with Crippen LogP contribution in [-0.4, -0.2) is 32.3 Å². The van der Waals surface area contributed by atoms with E-state index < -0.39 is 0 Å². The number of benzene rings is 3. The van der Waals surface area contributed by atoms with Crippen molar-refractivity contribution in [3.63, 3.8) is 0 Å². The molecule has 2 nitrogen and oxygen atoms in total. The van der Waals surface area contributed by atoms with E-state index >= 15 is 0 Å². The smallest absolute Gasteiger partial charge is 0.0181 e. The first kappa shape index (κ1) is 29.8. The summed E-state index contributed by atoms with van der Waals surface area (Å²) >= 11 is 0. The lowest BCUT2D eigenvalue weighted by Crippen LogP contribution is -2.57. The topological polar surface area (TPSA) is 24.1 Å². The average molecular weight is 623 g/mol. The Kier molecular flexibility index (Phi) is 8.29. The molecule has 7 unspecified atom stereocenters. The van der Waals surface area contributed by atoms with Crippen LogP contribution in [0.25, 0.3) is 22.3 Å². The van der Waals surface area contributed by atoms with Crippen LogP contribution in [0.15, 0.2) is 72.8 Å². The van der Waals surface area contributed by atoms with Crippen LogP contribution in [-0.2, 0) is 10.6 Å². The zero-order valence-electron chi connectivity index (χ0n) is 26.4. The molecule has 4 saturated carbocycles. The van der Waals surface area contributed by atoms with Gasteiger partial charge in [-0.3, -0.25) is 0 Å². The minimum absolute atomic E-state index is 0.0453. The molecule has 9 rings (SSSR count). The summed E-state index contributed by atoms with van der Waals surface area (Å²) in [6.07, 6.45) is 13.7. The third kappa shape index (κ3) is 4.98. The summed E-state index contributed by atoms with van der Waals surface area (Å²) < 4.78 is 0. The van der Waals surface area contributed by atoms with Gasteiger partial charge < -0.3 is 10.6 Å². The highest BCUT2D eigenvalue weighted by atomic mass is 31.0. The molecule has 0 radical (unpaired) electrons. The molecular formula is C40H52N2P2. The van der Waals surface area contributed by atoms with Crippen LogP contribution < -0.4 is 10.6 Å². The van der Waals surface area contributed by atoms with Gasteiger partial charge in [0.25, 0.3) is 0 Å². The third-order valence-electron chi connectivity index (χ3n) is 13.1. The highest BCUT2D eigenvalue weighted by molar-refractivity contribution is 7.18. The van der Waals surface area contributed by atoms with E-state index in [2.05, 4.69) is 102 Å². The summed E-state index contributed by atoms with van der Waals surface area (Å²) in [4.78, 5) is 0. The Hall–Kier alpha value is -1.56. The van der Waals surface area contributed by atoms with Crippen molar-refractivity contribution in [1.82, 2.24) is 10.6 Å². The second-order valence-electron chi connectivity index (χ2n) is 15.3. The van der Waals surface area contributed by atoms with Crippen molar-refractivity contribution in [3.05, 3.63) is 83.9 Å². The van der Waals surface area contributed by atoms with Gasteiger partial charge in [0.05, 0.1) is 0 Å². The minimum atomic E-state index is 0.0453. The van der Waals surface area contributed by atoms with E-state index in [-0.39, 0.29) is 10.6 Å². The van der Waals surface area contributed by atoms with Gasteiger partial charge in [-0.2, -0.15) is 0 Å². The maximum absolute atomic E-state index is 3.87. The SMILES string of the molecule is PCC1C2CC3CC(C2)CC1(c1cc(-c2ccccc2)c(-c2ccccc2)cc1C(P)(C1CCCNC1)C1CCCNC1)C3. The van der Waals surface area contributed by atoms with Crippen molar-refractivity contribution in [3.8, 4) is 22.3 Å². The van der Waals surface area contributed by atoms with Crippen LogP contribution >= 0.6 is 18.5 Å². The number of nitrogens with one attached hydrogen (secondary N) is 2. The molecule has 0 amide bonds. The second kappa shape index (κ2) is 12.2. The molecule has 0 spiro atoms. The third-order valence-corrected chi connectivity index (χ3v) is 14.8. The lowest BCUT2D eigenvalue weighted by Gasteiger charge is -2.63. The quantitative estimate of drug-likeness (QED) is 0.258. The Balaban J connectivity index is 1.43. The Labute approximate surface area is 270 Å². The molecule has 2 saturated heterocycles. The van der Waals surface area contributed by atoms with Gasteiger partial charge in [-0.15, -0.1) is 18.5 Å². The molecule has 4 heteroatoms. The normalized spacial score (nSPS) is 34.5. The monoisotopic (exact) mass is 622 g/mol. The Morgan fingerprint density at radius 1 is 0.727 bits per heavy atom. The van der Waals surface area contributed by atoms with Crippen LogP contribution in [0.3, 0.4) is 0 Å². The van der Waals surface area contributed by atoms with E-state index in [0.717, 1.165) is 36.8 Å². The molecule has 4 bridgehead atoms. The Morgan fingerprint density at radius 3 is 1.77 bits per heavy atom. The van der Waals surface area contributed by atoms with Crippen LogP contribution in [0.4, 0.5) is 0 Å². The molecule has 2 heterocycles. The highest BCUT2D eigenvalue weighted by Crippen LogP contribution is 2.66. The predicted molar refractivity (Wildman–Crippen MR) is 193 cm³/mol. The summed E-state index contributed by atoms with van der Waals surface area (Å²) in [6, 6.07) is 28.2. The van der Waals surface area contributed by atoms with Gasteiger partial charge in [-0.25, -0.2) is 0 Å². The molecule has 4 aliphatic carbocycles. The lowest BCUT2D eigenvalue weighted by atomic mass is 9.43. The van der Waals surface area contributed by atoms with Crippen LogP contribution in [0, 0.1) is 35.5 Å². The largest absolute Gasteiger partial charge is 0.316 e. The molecule has 232 valence electrons. The van der Waals surface area contributed by atoms with Gasteiger partial charge in [0, 0.05) is 5.16 Å². The van der Waals surface area contributed by atoms with Crippen molar-refractivity contribution in [2.75, 3.05) is 32.3 Å². The number of hydrogen-bond donors (Lipinski definition) is 2. The molecule has 3 aromatic rings. The van der Waals surface area contributed by atoms with Gasteiger partial charge in [0.15, 0.2) is 0 Å². The molecule has 2 N–H and O–H groups in total. The number of hydrogen-bond acceptors (Lipinski definition) is 2. The summed E-state index contributed by atoms with van der Waals surface area (Å²) in [5.74, 6) is 4.74. The van der Waals surface area contributed by atoms with E-state index in [1.54, 1.807) is 11.1 Å². The van der Waals surface area contributed by atoms with Crippen molar-refractivity contribution in [1.29, 1.82) is 0 Å². The predicted octanol–water partition coefficient (Wildman–Crippen LogP) is 8.66. The van der Waals surface area contributed by atoms with Crippen molar-refractivity contribution in [2.45, 2.75) is 68.4 Å². The van der Waals surface area contributed by atoms with Crippen molar-refractivity contribution >= 4 is 18.5 Å². The summed E-state index contributed by atoms with van der Waals surface area (Å²) in [6.45, 7) is 4.60. The molecule has 6 fully saturated rings. The number of rotatable bonds is 7. The van der Waals surface area contributed by atoms with E-state index in [1.165, 1.54) is 99.3 Å². The first-order valence-electron chi connectivity index (χ1n) is 17.8. The molecule has 0 aromatic heterocycles. The van der Waals surface area contributed by atoms with Gasteiger partial charge in [0.1, 0.15) is 0 Å². The van der Waals surface area contributed by atoms with Gasteiger partial charge >= 0.3 is 0 Å². The summed E-state index contributed by atoms with van der Waals surface area (Å²) in [5.41, 5.74) is 9.29. The van der Waals surface area contributed by atoms with Crippen LogP contribution in [0.5, 0.6) is 0 Å². The average Bonchev–Trinajstić information content (AvgIpc) is 3.08. The maximum atomic E-state index is 3.87. The Bertz CT molecular complexity index is 1410. The number of piperidine rings is 2. The maximum Gasteiger partial charge on any atom is 0.0181 e. The second-order valence-corrected chi connectivity index (χ2v) is 16.7. The molecule has 44 heavy (non-hydrogen) atoms. The fourth-order valence-electron chi connectivity index (χ4n) is 11.4. The summed E-state index contributed by atoms with van der Waals surface area (Å²) in [7, 11) is 6.89. The van der Waals surface area contributed by atoms with E-state index in [0.29, 0.717) is 11.8 Å². The van der Waals surface area contributed by atoms with Crippen molar-refractivity contribution < 1.29 is 0 Å². The standard InChI is InChI=1S/C40H52N2P2/c43-26-38-31-18-27-17-28(19-31)23-39(38,22-27)36-20-34(29-9-3-1-4-10-29)35(30-11-5-2-6-12-30)21-37(36)40(44,32-13-7-15-41-24-32)33-14-8-16-42-25-33/h1-6,9-12,20-21,27-28,31-33,38,41-42H,7-8,13-19,22-26,43-44H2. The molecule has 3 aromatic carbocycles. The minimum Gasteiger partial charge on any atom is -0.316 e. The van der Waals surface area contributed by atoms with E-state index in [9.17, 15) is 0 Å². The van der Waals surface area contributed by atoms with E-state index in [1.807, 2.05) is 0 Å². The van der Waals surface area contributed by atoms with E-state index in [4.69, 9.17) is 0 Å². The van der Waals surface area contributed by atoms with Crippen molar-refractivity contribution in [2.24, 2.45) is 35.5 Å². The zero-order valence-corrected chi connectivity index (χ0v) is 28.8. The first-order chi connectivity index (χ1) is 21.6. The van der Waals surface area contributed by atoms with Gasteiger partial charge in [-0.05, 0) is 177 Å². The Morgan fingerprint density at radius 2 is 1.27 bits per heavy atom. The highest BCUT2D eigenvalue weighted by Gasteiger charge is 2.59. The fraction of sp³-hybridized carbons (Fsp3) is 0.550. The zero-order chi connectivity index (χ0) is 29.7. The first-order valence-corrected chi connectivity index (χ1v) is 19.2. The van der Waals surface area contributed by atoms with Crippen LogP contribution in [0.1, 0.15) is 68.9 Å².